The van der Waals surface area contributed by atoms with Gasteiger partial charge in [0.25, 0.3) is 0 Å². The minimum atomic E-state index is 0.587. The van der Waals surface area contributed by atoms with E-state index in [1.807, 2.05) is 0 Å². The first kappa shape index (κ1) is 14.7. The molecular formula is C18H21IN2. The predicted molar refractivity (Wildman–Crippen MR) is 99.2 cm³/mol. The fourth-order valence-electron chi connectivity index (χ4n) is 2.84. The number of anilines is 2. The highest BCUT2D eigenvalue weighted by molar-refractivity contribution is 14.1. The molecule has 3 heteroatoms. The lowest BCUT2D eigenvalue weighted by Gasteiger charge is -2.34. The zero-order valence-corrected chi connectivity index (χ0v) is 14.5. The van der Waals surface area contributed by atoms with Crippen molar-refractivity contribution in [2.45, 2.75) is 25.8 Å². The van der Waals surface area contributed by atoms with Crippen molar-refractivity contribution in [2.24, 2.45) is 0 Å². The summed E-state index contributed by atoms with van der Waals surface area (Å²) >= 11 is 2.41. The Labute approximate surface area is 140 Å². The summed E-state index contributed by atoms with van der Waals surface area (Å²) in [5.74, 6) is 0. The van der Waals surface area contributed by atoms with Crippen molar-refractivity contribution in [1.82, 2.24) is 0 Å². The van der Waals surface area contributed by atoms with E-state index in [4.69, 9.17) is 0 Å². The van der Waals surface area contributed by atoms with E-state index in [0.29, 0.717) is 6.04 Å². The Morgan fingerprint density at radius 3 is 2.43 bits per heavy atom. The maximum atomic E-state index is 3.69. The second-order valence-corrected chi connectivity index (χ2v) is 6.87. The molecule has 0 atom stereocenters. The lowest BCUT2D eigenvalue weighted by molar-refractivity contribution is 0.527. The van der Waals surface area contributed by atoms with Gasteiger partial charge in [0, 0.05) is 34.1 Å². The first-order valence-corrected chi connectivity index (χ1v) is 8.63. The molecule has 2 aromatic carbocycles. The van der Waals surface area contributed by atoms with Gasteiger partial charge in [0.05, 0.1) is 0 Å². The normalized spacial score (nSPS) is 16.0. The molecule has 1 saturated heterocycles. The van der Waals surface area contributed by atoms with Gasteiger partial charge in [-0.25, -0.2) is 0 Å². The molecule has 0 radical (unpaired) electrons. The number of rotatable bonds is 3. The fourth-order valence-corrected chi connectivity index (χ4v) is 3.35. The molecule has 1 aliphatic heterocycles. The van der Waals surface area contributed by atoms with Gasteiger partial charge in [-0.15, -0.1) is 0 Å². The molecule has 0 bridgehead atoms. The van der Waals surface area contributed by atoms with E-state index in [0.717, 1.165) is 13.1 Å². The van der Waals surface area contributed by atoms with Crippen molar-refractivity contribution in [1.29, 1.82) is 0 Å². The second-order valence-electron chi connectivity index (χ2n) is 5.71. The Morgan fingerprint density at radius 2 is 1.76 bits per heavy atom. The molecule has 0 saturated carbocycles. The van der Waals surface area contributed by atoms with Crippen molar-refractivity contribution < 1.29 is 0 Å². The van der Waals surface area contributed by atoms with E-state index >= 15 is 0 Å². The van der Waals surface area contributed by atoms with E-state index in [2.05, 4.69) is 88.3 Å². The van der Waals surface area contributed by atoms with Crippen LogP contribution < -0.4 is 10.2 Å². The predicted octanol–water partition coefficient (Wildman–Crippen LogP) is 4.68. The number of hydrogen-bond donors (Lipinski definition) is 1. The van der Waals surface area contributed by atoms with E-state index < -0.39 is 0 Å². The summed E-state index contributed by atoms with van der Waals surface area (Å²) < 4.78 is 1.33. The number of benzene rings is 2. The molecule has 1 aliphatic rings. The largest absolute Gasteiger partial charge is 0.382 e. The Kier molecular flexibility index (Phi) is 4.68. The summed E-state index contributed by atoms with van der Waals surface area (Å²) in [6.45, 7) is 4.42. The standard InChI is InChI=1S/C18H21IN2/c1-14-7-8-16(13-18(14)19)20-15-9-11-21(12-10-15)17-5-3-2-4-6-17/h2-8,13,15,20H,9-12H2,1H3. The quantitative estimate of drug-likeness (QED) is 0.764. The molecule has 0 aliphatic carbocycles. The maximum absolute atomic E-state index is 3.69. The van der Waals surface area contributed by atoms with Crippen LogP contribution >= 0.6 is 22.6 Å². The van der Waals surface area contributed by atoms with Crippen molar-refractivity contribution in [3.63, 3.8) is 0 Å². The first-order valence-electron chi connectivity index (χ1n) is 7.55. The number of halogens is 1. The molecule has 21 heavy (non-hydrogen) atoms. The van der Waals surface area contributed by atoms with Crippen LogP contribution in [0.5, 0.6) is 0 Å². The number of nitrogens with zero attached hydrogens (tertiary/aromatic N) is 1. The van der Waals surface area contributed by atoms with Crippen LogP contribution in [0.15, 0.2) is 48.5 Å². The molecule has 2 nitrogen and oxygen atoms in total. The molecule has 0 aromatic heterocycles. The lowest BCUT2D eigenvalue weighted by atomic mass is 10.0. The Hall–Kier alpha value is -1.23. The molecular weight excluding hydrogens is 371 g/mol. The number of para-hydroxylation sites is 1. The molecule has 110 valence electrons. The molecule has 1 heterocycles. The second kappa shape index (κ2) is 6.69. The van der Waals surface area contributed by atoms with Crippen LogP contribution in [-0.4, -0.2) is 19.1 Å². The number of nitrogens with one attached hydrogen (secondary N) is 1. The third-order valence-corrected chi connectivity index (χ3v) is 5.32. The molecule has 3 rings (SSSR count). The molecule has 0 unspecified atom stereocenters. The van der Waals surface area contributed by atoms with Gasteiger partial charge in [-0.2, -0.15) is 0 Å². The van der Waals surface area contributed by atoms with Crippen LogP contribution in [-0.2, 0) is 0 Å². The van der Waals surface area contributed by atoms with E-state index in [-0.39, 0.29) is 0 Å². The summed E-state index contributed by atoms with van der Waals surface area (Å²) in [6, 6.07) is 18.0. The summed E-state index contributed by atoms with van der Waals surface area (Å²) in [6.07, 6.45) is 2.39. The first-order chi connectivity index (χ1) is 10.2. The maximum Gasteiger partial charge on any atom is 0.0366 e. The average molecular weight is 392 g/mol. The molecule has 0 amide bonds. The third kappa shape index (κ3) is 3.70. The van der Waals surface area contributed by atoms with Gasteiger partial charge in [-0.1, -0.05) is 24.3 Å². The SMILES string of the molecule is Cc1ccc(NC2CCN(c3ccccc3)CC2)cc1I. The van der Waals surface area contributed by atoms with Crippen LogP contribution in [0.3, 0.4) is 0 Å². The Morgan fingerprint density at radius 1 is 1.05 bits per heavy atom. The molecule has 1 N–H and O–H groups in total. The van der Waals surface area contributed by atoms with Gasteiger partial charge in [0.2, 0.25) is 0 Å². The Bertz CT molecular complexity index is 589. The highest BCUT2D eigenvalue weighted by Gasteiger charge is 2.19. The van der Waals surface area contributed by atoms with Gasteiger partial charge >= 0.3 is 0 Å². The average Bonchev–Trinajstić information content (AvgIpc) is 2.53. The third-order valence-electron chi connectivity index (χ3n) is 4.16. The summed E-state index contributed by atoms with van der Waals surface area (Å²) in [7, 11) is 0. The lowest BCUT2D eigenvalue weighted by Crippen LogP contribution is -2.39. The van der Waals surface area contributed by atoms with Crippen molar-refractivity contribution >= 4 is 34.0 Å². The van der Waals surface area contributed by atoms with Crippen molar-refractivity contribution in [3.8, 4) is 0 Å². The summed E-state index contributed by atoms with van der Waals surface area (Å²) in [5, 5.41) is 3.69. The van der Waals surface area contributed by atoms with Crippen LogP contribution in [0.25, 0.3) is 0 Å². The number of hydrogen-bond acceptors (Lipinski definition) is 2. The van der Waals surface area contributed by atoms with Crippen molar-refractivity contribution in [2.75, 3.05) is 23.3 Å². The summed E-state index contributed by atoms with van der Waals surface area (Å²) in [4.78, 5) is 2.48. The van der Waals surface area contributed by atoms with Gasteiger partial charge < -0.3 is 10.2 Å². The van der Waals surface area contributed by atoms with Crippen molar-refractivity contribution in [3.05, 3.63) is 57.7 Å². The fraction of sp³-hybridized carbons (Fsp3) is 0.333. The molecule has 1 fully saturated rings. The van der Waals surface area contributed by atoms with Crippen LogP contribution in [0, 0.1) is 10.5 Å². The van der Waals surface area contributed by atoms with Crippen LogP contribution in [0.1, 0.15) is 18.4 Å². The van der Waals surface area contributed by atoms with E-state index in [1.54, 1.807) is 0 Å². The minimum absolute atomic E-state index is 0.587. The molecule has 2 aromatic rings. The zero-order chi connectivity index (χ0) is 14.7. The van der Waals surface area contributed by atoms with Crippen LogP contribution in [0.4, 0.5) is 11.4 Å². The topological polar surface area (TPSA) is 15.3 Å². The van der Waals surface area contributed by atoms with Gasteiger partial charge in [0.15, 0.2) is 0 Å². The van der Waals surface area contributed by atoms with Crippen LogP contribution in [0.2, 0.25) is 0 Å². The number of aryl methyl sites for hydroxylation is 1. The van der Waals surface area contributed by atoms with Gasteiger partial charge in [-0.05, 0) is 72.2 Å². The molecule has 0 spiro atoms. The Balaban J connectivity index is 1.57. The smallest absolute Gasteiger partial charge is 0.0366 e. The monoisotopic (exact) mass is 392 g/mol. The van der Waals surface area contributed by atoms with E-state index in [1.165, 1.54) is 33.4 Å². The summed E-state index contributed by atoms with van der Waals surface area (Å²) in [5.41, 5.74) is 3.95. The number of piperidine rings is 1. The minimum Gasteiger partial charge on any atom is -0.382 e. The van der Waals surface area contributed by atoms with E-state index in [9.17, 15) is 0 Å². The van der Waals surface area contributed by atoms with Gasteiger partial charge in [0.1, 0.15) is 0 Å². The van der Waals surface area contributed by atoms with Gasteiger partial charge in [-0.3, -0.25) is 0 Å². The highest BCUT2D eigenvalue weighted by atomic mass is 127. The highest BCUT2D eigenvalue weighted by Crippen LogP contribution is 2.23. The zero-order valence-electron chi connectivity index (χ0n) is 12.3.